The van der Waals surface area contributed by atoms with Gasteiger partial charge in [-0.25, -0.2) is 9.98 Å². The zero-order chi connectivity index (χ0) is 13.7. The highest BCUT2D eigenvalue weighted by molar-refractivity contribution is 14.0. The standard InChI is InChI=1S/C14H22N4O.HI/c1-11-4-7-18(8-5-11)14(15)17-10-12-3-6-16-13(9-12)19-2;/h3,6,9,11H,4-5,7-8,10H2,1-2H3,(H2,15,17);1H. The van der Waals surface area contributed by atoms with Crippen molar-refractivity contribution in [2.45, 2.75) is 26.3 Å². The molecule has 20 heavy (non-hydrogen) atoms. The van der Waals surface area contributed by atoms with Gasteiger partial charge in [0.2, 0.25) is 5.88 Å². The van der Waals surface area contributed by atoms with Crippen LogP contribution in [0.2, 0.25) is 0 Å². The fourth-order valence-corrected chi connectivity index (χ4v) is 2.17. The summed E-state index contributed by atoms with van der Waals surface area (Å²) in [6.07, 6.45) is 4.11. The van der Waals surface area contributed by atoms with Crippen molar-refractivity contribution < 1.29 is 4.74 Å². The van der Waals surface area contributed by atoms with Crippen LogP contribution in [0.15, 0.2) is 23.3 Å². The molecule has 1 fully saturated rings. The molecule has 0 bridgehead atoms. The molecule has 1 aliphatic heterocycles. The van der Waals surface area contributed by atoms with E-state index < -0.39 is 0 Å². The van der Waals surface area contributed by atoms with Gasteiger partial charge in [0.05, 0.1) is 13.7 Å². The minimum atomic E-state index is 0. The molecule has 2 N–H and O–H groups in total. The fourth-order valence-electron chi connectivity index (χ4n) is 2.17. The van der Waals surface area contributed by atoms with Crippen LogP contribution in [-0.2, 0) is 6.54 Å². The second-order valence-corrected chi connectivity index (χ2v) is 5.05. The molecule has 0 amide bonds. The Hall–Kier alpha value is -1.05. The number of nitrogens with two attached hydrogens (primary N) is 1. The van der Waals surface area contributed by atoms with Gasteiger partial charge in [0, 0.05) is 25.4 Å². The van der Waals surface area contributed by atoms with Crippen LogP contribution >= 0.6 is 24.0 Å². The molecule has 2 heterocycles. The van der Waals surface area contributed by atoms with Gasteiger partial charge in [-0.05, 0) is 30.4 Å². The van der Waals surface area contributed by atoms with Crippen LogP contribution in [0.3, 0.4) is 0 Å². The minimum absolute atomic E-state index is 0. The van der Waals surface area contributed by atoms with E-state index in [4.69, 9.17) is 10.5 Å². The highest BCUT2D eigenvalue weighted by Gasteiger charge is 2.16. The summed E-state index contributed by atoms with van der Waals surface area (Å²) in [5.74, 6) is 2.05. The first-order valence-corrected chi connectivity index (χ1v) is 6.73. The Morgan fingerprint density at radius 3 is 2.85 bits per heavy atom. The lowest BCUT2D eigenvalue weighted by molar-refractivity contribution is 0.277. The Morgan fingerprint density at radius 2 is 2.20 bits per heavy atom. The van der Waals surface area contributed by atoms with Crippen LogP contribution in [0, 0.1) is 5.92 Å². The predicted molar refractivity (Wildman–Crippen MR) is 91.5 cm³/mol. The Morgan fingerprint density at radius 1 is 1.50 bits per heavy atom. The Kier molecular flexibility index (Phi) is 7.04. The van der Waals surface area contributed by atoms with Gasteiger partial charge in [-0.2, -0.15) is 0 Å². The Labute approximate surface area is 137 Å². The Bertz CT molecular complexity index is 445. The molecule has 2 rings (SSSR count). The smallest absolute Gasteiger partial charge is 0.213 e. The van der Waals surface area contributed by atoms with E-state index in [1.165, 1.54) is 12.8 Å². The molecule has 0 atom stereocenters. The van der Waals surface area contributed by atoms with E-state index >= 15 is 0 Å². The summed E-state index contributed by atoms with van der Waals surface area (Å²) in [4.78, 5) is 10.7. The van der Waals surface area contributed by atoms with Crippen LogP contribution in [0.1, 0.15) is 25.3 Å². The molecule has 0 radical (unpaired) electrons. The quantitative estimate of drug-likeness (QED) is 0.489. The van der Waals surface area contributed by atoms with E-state index in [1.54, 1.807) is 13.3 Å². The van der Waals surface area contributed by atoms with Gasteiger partial charge in [0.1, 0.15) is 0 Å². The first kappa shape index (κ1) is 17.0. The van der Waals surface area contributed by atoms with Gasteiger partial charge < -0.3 is 15.4 Å². The van der Waals surface area contributed by atoms with E-state index in [0.29, 0.717) is 18.4 Å². The summed E-state index contributed by atoms with van der Waals surface area (Å²) in [6, 6.07) is 3.81. The van der Waals surface area contributed by atoms with Gasteiger partial charge in [-0.3, -0.25) is 0 Å². The molecular formula is C14H23IN4O. The van der Waals surface area contributed by atoms with Crippen LogP contribution in [0.4, 0.5) is 0 Å². The monoisotopic (exact) mass is 390 g/mol. The molecule has 0 aromatic carbocycles. The number of piperidine rings is 1. The van der Waals surface area contributed by atoms with Gasteiger partial charge in [0.15, 0.2) is 5.96 Å². The summed E-state index contributed by atoms with van der Waals surface area (Å²) in [5, 5.41) is 0. The Balaban J connectivity index is 0.00000200. The van der Waals surface area contributed by atoms with Crippen molar-refractivity contribution >= 4 is 29.9 Å². The van der Waals surface area contributed by atoms with Crippen molar-refractivity contribution in [1.29, 1.82) is 0 Å². The van der Waals surface area contributed by atoms with Crippen molar-refractivity contribution in [3.8, 4) is 5.88 Å². The van der Waals surface area contributed by atoms with Crippen molar-refractivity contribution in [2.24, 2.45) is 16.6 Å². The zero-order valence-corrected chi connectivity index (χ0v) is 14.4. The number of pyridine rings is 1. The predicted octanol–water partition coefficient (Wildman–Crippen LogP) is 2.25. The summed E-state index contributed by atoms with van der Waals surface area (Å²) in [7, 11) is 1.61. The molecule has 1 aromatic rings. The largest absolute Gasteiger partial charge is 0.481 e. The van der Waals surface area contributed by atoms with E-state index in [0.717, 1.165) is 24.6 Å². The van der Waals surface area contributed by atoms with E-state index in [2.05, 4.69) is 21.8 Å². The molecule has 1 aliphatic rings. The van der Waals surface area contributed by atoms with Gasteiger partial charge in [0.25, 0.3) is 0 Å². The summed E-state index contributed by atoms with van der Waals surface area (Å²) in [6.45, 7) is 4.87. The minimum Gasteiger partial charge on any atom is -0.481 e. The van der Waals surface area contributed by atoms with Gasteiger partial charge >= 0.3 is 0 Å². The van der Waals surface area contributed by atoms with Crippen molar-refractivity contribution in [2.75, 3.05) is 20.2 Å². The number of hydrogen-bond donors (Lipinski definition) is 1. The lowest BCUT2D eigenvalue weighted by Gasteiger charge is -2.31. The highest BCUT2D eigenvalue weighted by atomic mass is 127. The molecule has 1 saturated heterocycles. The molecule has 0 spiro atoms. The average Bonchev–Trinajstić information content (AvgIpc) is 2.46. The zero-order valence-electron chi connectivity index (χ0n) is 12.1. The van der Waals surface area contributed by atoms with Crippen molar-refractivity contribution in [1.82, 2.24) is 9.88 Å². The first-order valence-electron chi connectivity index (χ1n) is 6.73. The van der Waals surface area contributed by atoms with E-state index in [9.17, 15) is 0 Å². The van der Waals surface area contributed by atoms with Crippen LogP contribution in [0.25, 0.3) is 0 Å². The number of guanidine groups is 1. The number of aromatic nitrogens is 1. The molecule has 0 saturated carbocycles. The third-order valence-corrected chi connectivity index (χ3v) is 3.54. The molecule has 0 unspecified atom stereocenters. The maximum absolute atomic E-state index is 6.04. The van der Waals surface area contributed by atoms with Crippen molar-refractivity contribution in [3.63, 3.8) is 0 Å². The van der Waals surface area contributed by atoms with E-state index in [1.807, 2.05) is 12.1 Å². The topological polar surface area (TPSA) is 63.7 Å². The fraction of sp³-hybridized carbons (Fsp3) is 0.571. The van der Waals surface area contributed by atoms with Gasteiger partial charge in [-0.15, -0.1) is 24.0 Å². The summed E-state index contributed by atoms with van der Waals surface area (Å²) < 4.78 is 5.09. The lowest BCUT2D eigenvalue weighted by atomic mass is 10.00. The first-order chi connectivity index (χ1) is 9.19. The SMILES string of the molecule is COc1cc(CN=C(N)N2CCC(C)CC2)ccn1.I. The summed E-state index contributed by atoms with van der Waals surface area (Å²) >= 11 is 0. The molecule has 1 aromatic heterocycles. The second kappa shape index (κ2) is 8.28. The number of hydrogen-bond acceptors (Lipinski definition) is 3. The number of aliphatic imine (C=N–C) groups is 1. The van der Waals surface area contributed by atoms with Crippen LogP contribution < -0.4 is 10.5 Å². The number of ether oxygens (including phenoxy) is 1. The molecule has 0 aliphatic carbocycles. The molecule has 5 nitrogen and oxygen atoms in total. The normalized spacial score (nSPS) is 16.7. The van der Waals surface area contributed by atoms with Crippen LogP contribution in [0.5, 0.6) is 5.88 Å². The number of nitrogens with zero attached hydrogens (tertiary/aromatic N) is 3. The molecular weight excluding hydrogens is 367 g/mol. The maximum atomic E-state index is 6.04. The number of likely N-dealkylation sites (tertiary alicyclic amines) is 1. The van der Waals surface area contributed by atoms with Crippen molar-refractivity contribution in [3.05, 3.63) is 23.9 Å². The third-order valence-electron chi connectivity index (χ3n) is 3.54. The second-order valence-electron chi connectivity index (χ2n) is 5.05. The molecule has 6 heteroatoms. The highest BCUT2D eigenvalue weighted by Crippen LogP contribution is 2.16. The van der Waals surface area contributed by atoms with E-state index in [-0.39, 0.29) is 24.0 Å². The lowest BCUT2D eigenvalue weighted by Crippen LogP contribution is -2.42. The third kappa shape index (κ3) is 4.81. The number of methoxy groups -OCH3 is 1. The van der Waals surface area contributed by atoms with Gasteiger partial charge in [-0.1, -0.05) is 6.92 Å². The molecule has 112 valence electrons. The summed E-state index contributed by atoms with van der Waals surface area (Å²) in [5.41, 5.74) is 7.10. The van der Waals surface area contributed by atoms with Crippen LogP contribution in [-0.4, -0.2) is 36.0 Å². The number of halogens is 1. The number of rotatable bonds is 3. The maximum Gasteiger partial charge on any atom is 0.213 e. The average molecular weight is 390 g/mol.